The molecule has 0 saturated carbocycles. The van der Waals surface area contributed by atoms with Crippen molar-refractivity contribution < 1.29 is 9.47 Å². The van der Waals surface area contributed by atoms with Crippen molar-refractivity contribution in [1.82, 2.24) is 15.5 Å². The largest absolute Gasteiger partial charge is 0.497 e. The summed E-state index contributed by atoms with van der Waals surface area (Å²) in [7, 11) is 1.71. The molecule has 170 valence electrons. The lowest BCUT2D eigenvalue weighted by Gasteiger charge is -2.37. The summed E-state index contributed by atoms with van der Waals surface area (Å²) in [6, 6.07) is 9.53. The molecular weight excluding hydrogens is 376 g/mol. The Morgan fingerprint density at radius 1 is 1.10 bits per heavy atom. The van der Waals surface area contributed by atoms with Crippen LogP contribution in [0.25, 0.3) is 0 Å². The van der Waals surface area contributed by atoms with Crippen LogP contribution in [-0.2, 0) is 10.2 Å². The molecule has 6 heteroatoms. The average molecular weight is 419 g/mol. The molecule has 2 rings (SSSR count). The summed E-state index contributed by atoms with van der Waals surface area (Å²) < 4.78 is 11.0. The molecule has 0 aromatic heterocycles. The quantitative estimate of drug-likeness (QED) is 0.450. The third kappa shape index (κ3) is 6.88. The Kier molecular flexibility index (Phi) is 9.92. The Balaban J connectivity index is 2.09. The van der Waals surface area contributed by atoms with E-state index in [0.29, 0.717) is 12.1 Å². The minimum absolute atomic E-state index is 0.00870. The molecule has 1 aliphatic rings. The monoisotopic (exact) mass is 418 g/mol. The van der Waals surface area contributed by atoms with E-state index in [0.717, 1.165) is 63.9 Å². The topological polar surface area (TPSA) is 58.1 Å². The first-order valence-corrected chi connectivity index (χ1v) is 11.4. The van der Waals surface area contributed by atoms with Crippen LogP contribution in [0.4, 0.5) is 0 Å². The highest BCUT2D eigenvalue weighted by molar-refractivity contribution is 5.79. The highest BCUT2D eigenvalue weighted by Crippen LogP contribution is 2.36. The van der Waals surface area contributed by atoms with Crippen molar-refractivity contribution in [2.24, 2.45) is 4.99 Å². The van der Waals surface area contributed by atoms with Crippen molar-refractivity contribution in [3.63, 3.8) is 0 Å². The van der Waals surface area contributed by atoms with E-state index in [1.54, 1.807) is 7.11 Å². The highest BCUT2D eigenvalue weighted by atomic mass is 16.5. The maximum absolute atomic E-state index is 5.67. The molecule has 1 saturated heterocycles. The summed E-state index contributed by atoms with van der Waals surface area (Å²) >= 11 is 0. The van der Waals surface area contributed by atoms with E-state index in [1.165, 1.54) is 5.56 Å². The van der Waals surface area contributed by atoms with Gasteiger partial charge in [-0.05, 0) is 65.2 Å². The number of nitrogens with zero attached hydrogens (tertiary/aromatic N) is 2. The van der Waals surface area contributed by atoms with Crippen molar-refractivity contribution in [2.45, 2.75) is 65.0 Å². The van der Waals surface area contributed by atoms with Crippen LogP contribution < -0.4 is 15.4 Å². The number of hydrogen-bond donors (Lipinski definition) is 2. The van der Waals surface area contributed by atoms with Gasteiger partial charge in [-0.3, -0.25) is 9.89 Å². The molecule has 1 aliphatic heterocycles. The zero-order valence-electron chi connectivity index (χ0n) is 19.8. The summed E-state index contributed by atoms with van der Waals surface area (Å²) in [6.45, 7) is 16.2. The van der Waals surface area contributed by atoms with Gasteiger partial charge in [-0.2, -0.15) is 0 Å². The zero-order chi connectivity index (χ0) is 22.0. The van der Waals surface area contributed by atoms with Gasteiger partial charge in [-0.1, -0.05) is 12.1 Å². The van der Waals surface area contributed by atoms with Crippen LogP contribution >= 0.6 is 0 Å². The van der Waals surface area contributed by atoms with Gasteiger partial charge >= 0.3 is 0 Å². The standard InChI is InChI=1S/C24H42N4O2/c1-7-25-23(26-14-15-28(19(2)3)20(4)5)27-18-24(12-16-30-17-13-24)21-8-10-22(29-6)11-9-21/h8-11,19-20H,7,12-18H2,1-6H3,(H2,25,26,27). The Hall–Kier alpha value is -1.79. The second-order valence-corrected chi connectivity index (χ2v) is 8.67. The predicted octanol–water partition coefficient (Wildman–Crippen LogP) is 3.42. The first-order valence-electron chi connectivity index (χ1n) is 11.4. The molecule has 0 atom stereocenters. The molecule has 0 spiro atoms. The number of nitrogens with one attached hydrogen (secondary N) is 2. The fourth-order valence-electron chi connectivity index (χ4n) is 4.23. The summed E-state index contributed by atoms with van der Waals surface area (Å²) in [4.78, 5) is 7.50. The fourth-order valence-corrected chi connectivity index (χ4v) is 4.23. The molecular formula is C24H42N4O2. The lowest BCUT2D eigenvalue weighted by atomic mass is 9.74. The van der Waals surface area contributed by atoms with Crippen LogP contribution in [0.15, 0.2) is 29.3 Å². The van der Waals surface area contributed by atoms with E-state index < -0.39 is 0 Å². The number of rotatable bonds is 10. The molecule has 1 aromatic rings. The van der Waals surface area contributed by atoms with E-state index in [2.05, 4.69) is 62.3 Å². The van der Waals surface area contributed by atoms with E-state index in [9.17, 15) is 0 Å². The summed E-state index contributed by atoms with van der Waals surface area (Å²) in [5, 5.41) is 6.94. The van der Waals surface area contributed by atoms with Crippen LogP contribution in [0.5, 0.6) is 5.75 Å². The van der Waals surface area contributed by atoms with Gasteiger partial charge in [0.05, 0.1) is 13.7 Å². The molecule has 2 N–H and O–H groups in total. The third-order valence-corrected chi connectivity index (χ3v) is 6.03. The number of ether oxygens (including phenoxy) is 2. The first-order chi connectivity index (χ1) is 14.4. The van der Waals surface area contributed by atoms with Crippen molar-refractivity contribution in [1.29, 1.82) is 0 Å². The molecule has 30 heavy (non-hydrogen) atoms. The number of aliphatic imine (C=N–C) groups is 1. The summed E-state index contributed by atoms with van der Waals surface area (Å²) in [5.74, 6) is 1.78. The summed E-state index contributed by atoms with van der Waals surface area (Å²) in [5.41, 5.74) is 1.33. The Morgan fingerprint density at radius 2 is 1.73 bits per heavy atom. The minimum atomic E-state index is 0.00870. The van der Waals surface area contributed by atoms with Crippen molar-refractivity contribution in [3.8, 4) is 5.75 Å². The Morgan fingerprint density at radius 3 is 2.27 bits per heavy atom. The first kappa shape index (κ1) is 24.5. The van der Waals surface area contributed by atoms with Gasteiger partial charge in [0.15, 0.2) is 5.96 Å². The van der Waals surface area contributed by atoms with Gasteiger partial charge in [0.1, 0.15) is 5.75 Å². The van der Waals surface area contributed by atoms with Crippen LogP contribution in [0.2, 0.25) is 0 Å². The number of methoxy groups -OCH3 is 1. The van der Waals surface area contributed by atoms with Crippen LogP contribution in [0.1, 0.15) is 53.0 Å². The molecule has 1 fully saturated rings. The van der Waals surface area contributed by atoms with Crippen LogP contribution in [0, 0.1) is 0 Å². The highest BCUT2D eigenvalue weighted by Gasteiger charge is 2.34. The Bertz CT molecular complexity index is 629. The third-order valence-electron chi connectivity index (χ3n) is 6.03. The van der Waals surface area contributed by atoms with E-state index in [-0.39, 0.29) is 5.41 Å². The van der Waals surface area contributed by atoms with Crippen molar-refractivity contribution >= 4 is 5.96 Å². The minimum Gasteiger partial charge on any atom is -0.497 e. The number of benzene rings is 1. The second kappa shape index (κ2) is 12.2. The average Bonchev–Trinajstić information content (AvgIpc) is 2.75. The second-order valence-electron chi connectivity index (χ2n) is 8.67. The van der Waals surface area contributed by atoms with E-state index >= 15 is 0 Å². The number of guanidine groups is 1. The van der Waals surface area contributed by atoms with Gasteiger partial charge in [-0.25, -0.2) is 0 Å². The van der Waals surface area contributed by atoms with E-state index in [1.807, 2.05) is 12.1 Å². The maximum Gasteiger partial charge on any atom is 0.191 e. The van der Waals surface area contributed by atoms with Gasteiger partial charge in [0.25, 0.3) is 0 Å². The molecule has 0 bridgehead atoms. The van der Waals surface area contributed by atoms with Gasteiger partial charge in [-0.15, -0.1) is 0 Å². The predicted molar refractivity (Wildman–Crippen MR) is 126 cm³/mol. The van der Waals surface area contributed by atoms with Gasteiger partial charge in [0.2, 0.25) is 0 Å². The fraction of sp³-hybridized carbons (Fsp3) is 0.708. The Labute approximate surface area is 183 Å². The molecule has 0 amide bonds. The van der Waals surface area contributed by atoms with Crippen LogP contribution in [0.3, 0.4) is 0 Å². The number of hydrogen-bond acceptors (Lipinski definition) is 4. The lowest BCUT2D eigenvalue weighted by molar-refractivity contribution is 0.0531. The molecule has 1 heterocycles. The maximum atomic E-state index is 5.67. The van der Waals surface area contributed by atoms with Gasteiger partial charge in [0, 0.05) is 50.3 Å². The molecule has 0 aliphatic carbocycles. The van der Waals surface area contributed by atoms with Gasteiger partial charge < -0.3 is 20.1 Å². The van der Waals surface area contributed by atoms with Crippen molar-refractivity contribution in [2.75, 3.05) is 46.5 Å². The van der Waals surface area contributed by atoms with Crippen molar-refractivity contribution in [3.05, 3.63) is 29.8 Å². The zero-order valence-corrected chi connectivity index (χ0v) is 19.8. The normalized spacial score (nSPS) is 16.9. The molecule has 1 aromatic carbocycles. The van der Waals surface area contributed by atoms with Crippen LogP contribution in [-0.4, -0.2) is 69.4 Å². The van der Waals surface area contributed by atoms with E-state index in [4.69, 9.17) is 14.5 Å². The lowest BCUT2D eigenvalue weighted by Crippen LogP contribution is -2.46. The SMILES string of the molecule is CCNC(=NCC1(c2ccc(OC)cc2)CCOCC1)NCCN(C(C)C)C(C)C. The summed E-state index contributed by atoms with van der Waals surface area (Å²) in [6.07, 6.45) is 1.97. The molecule has 6 nitrogen and oxygen atoms in total. The molecule has 0 unspecified atom stereocenters. The smallest absolute Gasteiger partial charge is 0.191 e. The molecule has 0 radical (unpaired) electrons.